The van der Waals surface area contributed by atoms with Crippen LogP contribution in [0.25, 0.3) is 0 Å². The second-order valence-electron chi connectivity index (χ2n) is 14.5. The van der Waals surface area contributed by atoms with Gasteiger partial charge in [-0.2, -0.15) is 0 Å². The molecule has 0 radical (unpaired) electrons. The first-order chi connectivity index (χ1) is 15.4. The van der Waals surface area contributed by atoms with E-state index in [2.05, 4.69) is 40.7 Å². The van der Waals surface area contributed by atoms with E-state index in [1.807, 2.05) is 6.92 Å². The number of rotatable bonds is 5. The summed E-state index contributed by atoms with van der Waals surface area (Å²) >= 11 is 0. The maximum absolute atomic E-state index is 10.9. The first-order valence-electron chi connectivity index (χ1n) is 14.0. The van der Waals surface area contributed by atoms with Gasteiger partial charge in [0.15, 0.2) is 0 Å². The zero-order valence-corrected chi connectivity index (χ0v) is 22.2. The van der Waals surface area contributed by atoms with Gasteiger partial charge in [0.2, 0.25) is 0 Å². The van der Waals surface area contributed by atoms with Crippen LogP contribution in [0.2, 0.25) is 0 Å². The third-order valence-electron chi connectivity index (χ3n) is 13.2. The molecule has 0 saturated heterocycles. The Morgan fingerprint density at radius 3 is 2.33 bits per heavy atom. The van der Waals surface area contributed by atoms with Gasteiger partial charge >= 0.3 is 0 Å². The van der Waals surface area contributed by atoms with E-state index in [-0.39, 0.29) is 17.4 Å². The predicted molar refractivity (Wildman–Crippen MR) is 134 cm³/mol. The normalized spacial score (nSPS) is 53.5. The minimum Gasteiger partial charge on any atom is -0.392 e. The Balaban J connectivity index is 1.40. The van der Waals surface area contributed by atoms with Crippen LogP contribution < -0.4 is 0 Å². The topological polar surface area (TPSA) is 60.7 Å². The number of aliphatic hydroxyl groups is 3. The minimum atomic E-state index is -0.577. The van der Waals surface area contributed by atoms with Crippen molar-refractivity contribution in [2.45, 2.75) is 118 Å². The van der Waals surface area contributed by atoms with Crippen molar-refractivity contribution in [2.75, 3.05) is 6.61 Å². The molecule has 5 aliphatic carbocycles. The zero-order valence-electron chi connectivity index (χ0n) is 22.2. The lowest BCUT2D eigenvalue weighted by molar-refractivity contribution is -0.191. The molecule has 0 heterocycles. The number of aliphatic hydroxyl groups excluding tert-OH is 3. The second-order valence-corrected chi connectivity index (χ2v) is 14.5. The van der Waals surface area contributed by atoms with E-state index >= 15 is 0 Å². The van der Waals surface area contributed by atoms with Gasteiger partial charge in [-0.3, -0.25) is 0 Å². The molecular weight excluding hydrogens is 408 g/mol. The van der Waals surface area contributed by atoms with Crippen LogP contribution in [0.3, 0.4) is 0 Å². The molecule has 2 spiro atoms. The standard InChI is InChI=1S/C30H50O3/c1-19(17-31)8-7-9-20(2)21-12-13-28(6)24-11-10-23-26(3,4)25(33)22(32)16-30(23)18-29(24,30)15-14-27(21,28)5/h8,20-25,31-33H,7,9-18H2,1-6H3/b19-8+/t20-,21-,22-,23+,24+,25+,27-,28+,29+,30-/m1/s1. The summed E-state index contributed by atoms with van der Waals surface area (Å²) in [7, 11) is 0. The fourth-order valence-corrected chi connectivity index (χ4v) is 11.3. The Kier molecular flexibility index (Phi) is 5.57. The van der Waals surface area contributed by atoms with Crippen molar-refractivity contribution in [3.8, 4) is 0 Å². The summed E-state index contributed by atoms with van der Waals surface area (Å²) < 4.78 is 0. The fourth-order valence-electron chi connectivity index (χ4n) is 11.3. The predicted octanol–water partition coefficient (Wildman–Crippen LogP) is 6.11. The Morgan fingerprint density at radius 2 is 1.64 bits per heavy atom. The van der Waals surface area contributed by atoms with Gasteiger partial charge in [-0.05, 0) is 122 Å². The Morgan fingerprint density at radius 1 is 0.939 bits per heavy atom. The Bertz CT molecular complexity index is 817. The molecule has 0 bridgehead atoms. The molecule has 0 aromatic carbocycles. The molecule has 33 heavy (non-hydrogen) atoms. The van der Waals surface area contributed by atoms with Crippen LogP contribution in [0.15, 0.2) is 11.6 Å². The quantitative estimate of drug-likeness (QED) is 0.435. The van der Waals surface area contributed by atoms with Crippen molar-refractivity contribution in [1.29, 1.82) is 0 Å². The minimum absolute atomic E-state index is 0.180. The van der Waals surface area contributed by atoms with E-state index in [4.69, 9.17) is 0 Å². The molecule has 3 heteroatoms. The average Bonchev–Trinajstić information content (AvgIpc) is 3.33. The average molecular weight is 459 g/mol. The molecule has 188 valence electrons. The van der Waals surface area contributed by atoms with Gasteiger partial charge < -0.3 is 15.3 Å². The van der Waals surface area contributed by atoms with Gasteiger partial charge in [-0.25, -0.2) is 0 Å². The summed E-state index contributed by atoms with van der Waals surface area (Å²) in [5.41, 5.74) is 2.43. The molecular formula is C30H50O3. The molecule has 5 fully saturated rings. The lowest BCUT2D eigenvalue weighted by atomic mass is 9.41. The van der Waals surface area contributed by atoms with Crippen LogP contribution in [0.1, 0.15) is 106 Å². The van der Waals surface area contributed by atoms with Crippen LogP contribution in [0.4, 0.5) is 0 Å². The van der Waals surface area contributed by atoms with Crippen LogP contribution in [0.5, 0.6) is 0 Å². The third kappa shape index (κ3) is 2.97. The highest BCUT2D eigenvalue weighted by Crippen LogP contribution is 2.89. The Labute approximate surface area is 202 Å². The summed E-state index contributed by atoms with van der Waals surface area (Å²) in [5.74, 6) is 2.87. The van der Waals surface area contributed by atoms with Crippen LogP contribution >= 0.6 is 0 Å². The van der Waals surface area contributed by atoms with Gasteiger partial charge in [0.05, 0.1) is 18.8 Å². The summed E-state index contributed by atoms with van der Waals surface area (Å²) in [6, 6.07) is 0. The van der Waals surface area contributed by atoms with Gasteiger partial charge in [0, 0.05) is 0 Å². The van der Waals surface area contributed by atoms with Crippen molar-refractivity contribution < 1.29 is 15.3 Å². The van der Waals surface area contributed by atoms with E-state index in [1.165, 1.54) is 51.4 Å². The molecule has 3 N–H and O–H groups in total. The van der Waals surface area contributed by atoms with E-state index < -0.39 is 12.2 Å². The largest absolute Gasteiger partial charge is 0.392 e. The monoisotopic (exact) mass is 458 g/mol. The van der Waals surface area contributed by atoms with Crippen molar-refractivity contribution in [3.05, 3.63) is 11.6 Å². The summed E-state index contributed by atoms with van der Waals surface area (Å²) in [6.45, 7) is 14.5. The van der Waals surface area contributed by atoms with E-state index in [0.717, 1.165) is 36.2 Å². The summed E-state index contributed by atoms with van der Waals surface area (Å²) in [5, 5.41) is 31.1. The van der Waals surface area contributed by atoms with E-state index in [1.54, 1.807) is 0 Å². The lowest BCUT2D eigenvalue weighted by Crippen LogP contribution is -2.60. The molecule has 0 aliphatic heterocycles. The number of allylic oxidation sites excluding steroid dienone is 1. The highest BCUT2D eigenvalue weighted by molar-refractivity contribution is 5.31. The van der Waals surface area contributed by atoms with Crippen LogP contribution in [0, 0.1) is 50.7 Å². The van der Waals surface area contributed by atoms with Crippen molar-refractivity contribution in [2.24, 2.45) is 50.7 Å². The number of hydrogen-bond donors (Lipinski definition) is 3. The van der Waals surface area contributed by atoms with Crippen molar-refractivity contribution in [1.82, 2.24) is 0 Å². The molecule has 3 nitrogen and oxygen atoms in total. The first kappa shape index (κ1) is 24.3. The highest BCUT2D eigenvalue weighted by atomic mass is 16.3. The molecule has 0 unspecified atom stereocenters. The molecule has 0 aromatic rings. The Hall–Kier alpha value is -0.380. The molecule has 10 atom stereocenters. The van der Waals surface area contributed by atoms with Gasteiger partial charge in [0.1, 0.15) is 0 Å². The molecule has 0 aromatic heterocycles. The van der Waals surface area contributed by atoms with Crippen molar-refractivity contribution in [3.63, 3.8) is 0 Å². The molecule has 5 aliphatic rings. The van der Waals surface area contributed by atoms with Gasteiger partial charge in [0.25, 0.3) is 0 Å². The second kappa shape index (κ2) is 7.56. The molecule has 5 saturated carbocycles. The fraction of sp³-hybridized carbons (Fsp3) is 0.933. The molecule has 0 amide bonds. The lowest BCUT2D eigenvalue weighted by Gasteiger charge is -2.63. The first-order valence-corrected chi connectivity index (χ1v) is 14.0. The smallest absolute Gasteiger partial charge is 0.0852 e. The molecule has 5 rings (SSSR count). The van der Waals surface area contributed by atoms with E-state index in [9.17, 15) is 15.3 Å². The van der Waals surface area contributed by atoms with E-state index in [0.29, 0.717) is 22.2 Å². The summed E-state index contributed by atoms with van der Waals surface area (Å²) in [6.07, 6.45) is 13.5. The number of hydrogen-bond acceptors (Lipinski definition) is 3. The highest BCUT2D eigenvalue weighted by Gasteiger charge is 2.82. The maximum Gasteiger partial charge on any atom is 0.0852 e. The summed E-state index contributed by atoms with van der Waals surface area (Å²) in [4.78, 5) is 0. The zero-order chi connectivity index (χ0) is 24.0. The van der Waals surface area contributed by atoms with Crippen molar-refractivity contribution >= 4 is 0 Å². The SMILES string of the molecule is C/C(=C\CC[C@@H](C)[C@H]1CC[C@@]2(C)[C@@H]3CC[C@H]4C(C)(C)[C@@H](O)[C@H](O)C[C@@]45C[C@@]35CC[C@]12C)CO. The third-order valence-corrected chi connectivity index (χ3v) is 13.2. The van der Waals surface area contributed by atoms with Crippen LogP contribution in [-0.2, 0) is 0 Å². The van der Waals surface area contributed by atoms with Gasteiger partial charge in [-0.1, -0.05) is 46.3 Å². The number of fused-ring (bicyclic) bond motifs is 2. The van der Waals surface area contributed by atoms with Crippen LogP contribution in [-0.4, -0.2) is 34.1 Å². The maximum atomic E-state index is 10.9. The van der Waals surface area contributed by atoms with Gasteiger partial charge in [-0.15, -0.1) is 0 Å².